The number of aromatic amines is 1. The molecule has 4 aromatic rings. The zero-order chi connectivity index (χ0) is 19.5. The van der Waals surface area contributed by atoms with Gasteiger partial charge in [0, 0.05) is 35.4 Å². The van der Waals surface area contributed by atoms with Crippen LogP contribution in [0.25, 0.3) is 22.2 Å². The number of halogens is 1. The van der Waals surface area contributed by atoms with Crippen molar-refractivity contribution in [3.8, 4) is 11.3 Å². The van der Waals surface area contributed by atoms with E-state index in [1.54, 1.807) is 24.5 Å². The van der Waals surface area contributed by atoms with Crippen molar-refractivity contribution in [3.05, 3.63) is 89.5 Å². The Morgan fingerprint density at radius 2 is 1.96 bits per heavy atom. The second kappa shape index (κ2) is 7.64. The van der Waals surface area contributed by atoms with Crippen molar-refractivity contribution in [2.45, 2.75) is 19.9 Å². The van der Waals surface area contributed by atoms with E-state index in [4.69, 9.17) is 0 Å². The van der Waals surface area contributed by atoms with Crippen molar-refractivity contribution < 1.29 is 9.18 Å². The SMILES string of the molecule is Cc1c(-c2ccccc2F)[nH]c2ccc(CNC(=O)Cc3cccnc3)cc12. The zero-order valence-electron chi connectivity index (χ0n) is 15.5. The molecular formula is C23H20FN3O. The molecule has 2 heterocycles. The second-order valence-electron chi connectivity index (χ2n) is 6.80. The van der Waals surface area contributed by atoms with Crippen molar-refractivity contribution in [1.82, 2.24) is 15.3 Å². The molecular weight excluding hydrogens is 353 g/mol. The van der Waals surface area contributed by atoms with E-state index in [1.165, 1.54) is 6.07 Å². The average Bonchev–Trinajstić information content (AvgIpc) is 3.03. The molecule has 0 aliphatic carbocycles. The van der Waals surface area contributed by atoms with Gasteiger partial charge < -0.3 is 10.3 Å². The fraction of sp³-hybridized carbons (Fsp3) is 0.130. The van der Waals surface area contributed by atoms with Crippen molar-refractivity contribution in [2.75, 3.05) is 0 Å². The third-order valence-corrected chi connectivity index (χ3v) is 4.84. The predicted molar refractivity (Wildman–Crippen MR) is 108 cm³/mol. The number of aryl methyl sites for hydroxylation is 1. The normalized spacial score (nSPS) is 10.9. The molecule has 5 heteroatoms. The Hall–Kier alpha value is -3.47. The second-order valence-corrected chi connectivity index (χ2v) is 6.80. The summed E-state index contributed by atoms with van der Waals surface area (Å²) in [7, 11) is 0. The number of pyridine rings is 1. The van der Waals surface area contributed by atoms with Gasteiger partial charge in [-0.05, 0) is 53.9 Å². The fourth-order valence-electron chi connectivity index (χ4n) is 3.37. The van der Waals surface area contributed by atoms with Gasteiger partial charge >= 0.3 is 0 Å². The summed E-state index contributed by atoms with van der Waals surface area (Å²) >= 11 is 0. The first kappa shape index (κ1) is 17.9. The van der Waals surface area contributed by atoms with Gasteiger partial charge in [-0.15, -0.1) is 0 Å². The Kier molecular flexibility index (Phi) is 4.89. The summed E-state index contributed by atoms with van der Waals surface area (Å²) in [5, 5.41) is 3.97. The van der Waals surface area contributed by atoms with E-state index in [0.29, 0.717) is 18.5 Å². The van der Waals surface area contributed by atoms with Crippen molar-refractivity contribution in [1.29, 1.82) is 0 Å². The van der Waals surface area contributed by atoms with E-state index in [9.17, 15) is 9.18 Å². The highest BCUT2D eigenvalue weighted by Gasteiger charge is 2.13. The van der Waals surface area contributed by atoms with Crippen LogP contribution in [0, 0.1) is 12.7 Å². The molecule has 1 amide bonds. The molecule has 0 saturated carbocycles. The molecule has 4 rings (SSSR count). The van der Waals surface area contributed by atoms with Gasteiger partial charge in [-0.1, -0.05) is 24.3 Å². The topological polar surface area (TPSA) is 57.8 Å². The number of nitrogens with zero attached hydrogens (tertiary/aromatic N) is 1. The van der Waals surface area contributed by atoms with Crippen LogP contribution in [-0.4, -0.2) is 15.9 Å². The number of amides is 1. The lowest BCUT2D eigenvalue weighted by atomic mass is 10.0. The molecule has 0 aliphatic rings. The molecule has 0 fully saturated rings. The van der Waals surface area contributed by atoms with Gasteiger partial charge in [0.25, 0.3) is 0 Å². The van der Waals surface area contributed by atoms with Gasteiger partial charge in [-0.25, -0.2) is 4.39 Å². The van der Waals surface area contributed by atoms with E-state index in [2.05, 4.69) is 15.3 Å². The van der Waals surface area contributed by atoms with Gasteiger partial charge in [0.05, 0.1) is 12.1 Å². The molecule has 2 aromatic carbocycles. The van der Waals surface area contributed by atoms with Crippen LogP contribution in [0.3, 0.4) is 0 Å². The van der Waals surface area contributed by atoms with Crippen LogP contribution in [-0.2, 0) is 17.8 Å². The number of carbonyl (C=O) groups is 1. The Balaban J connectivity index is 1.52. The first-order valence-corrected chi connectivity index (χ1v) is 9.13. The lowest BCUT2D eigenvalue weighted by Crippen LogP contribution is -2.24. The highest BCUT2D eigenvalue weighted by Crippen LogP contribution is 2.31. The van der Waals surface area contributed by atoms with Crippen LogP contribution >= 0.6 is 0 Å². The molecule has 0 radical (unpaired) electrons. The third kappa shape index (κ3) is 3.64. The summed E-state index contributed by atoms with van der Waals surface area (Å²) in [5.41, 5.74) is 5.15. The van der Waals surface area contributed by atoms with E-state index in [0.717, 1.165) is 33.3 Å². The Labute approximate surface area is 162 Å². The molecule has 140 valence electrons. The van der Waals surface area contributed by atoms with Gasteiger partial charge in [0.15, 0.2) is 0 Å². The van der Waals surface area contributed by atoms with Gasteiger partial charge in [0.2, 0.25) is 5.91 Å². The van der Waals surface area contributed by atoms with Gasteiger partial charge in [-0.3, -0.25) is 9.78 Å². The van der Waals surface area contributed by atoms with Crippen LogP contribution in [0.5, 0.6) is 0 Å². The van der Waals surface area contributed by atoms with Gasteiger partial charge in [0.1, 0.15) is 5.82 Å². The standard InChI is InChI=1S/C23H20FN3O/c1-15-19-11-17(14-26-22(28)12-16-5-4-10-25-13-16)8-9-21(19)27-23(15)18-6-2-3-7-20(18)24/h2-11,13,27H,12,14H2,1H3,(H,26,28). The monoisotopic (exact) mass is 373 g/mol. The Morgan fingerprint density at radius 1 is 1.11 bits per heavy atom. The van der Waals surface area contributed by atoms with Crippen molar-refractivity contribution in [3.63, 3.8) is 0 Å². The smallest absolute Gasteiger partial charge is 0.224 e. The maximum absolute atomic E-state index is 14.2. The van der Waals surface area contributed by atoms with Crippen LogP contribution in [0.2, 0.25) is 0 Å². The van der Waals surface area contributed by atoms with E-state index in [-0.39, 0.29) is 11.7 Å². The molecule has 0 aliphatic heterocycles. The van der Waals surface area contributed by atoms with Crippen LogP contribution in [0.4, 0.5) is 4.39 Å². The first-order chi connectivity index (χ1) is 13.6. The van der Waals surface area contributed by atoms with E-state index in [1.807, 2.05) is 43.3 Å². The number of aromatic nitrogens is 2. The minimum absolute atomic E-state index is 0.0501. The van der Waals surface area contributed by atoms with Crippen LogP contribution in [0.1, 0.15) is 16.7 Å². The first-order valence-electron chi connectivity index (χ1n) is 9.13. The number of hydrogen-bond acceptors (Lipinski definition) is 2. The van der Waals surface area contributed by atoms with Crippen molar-refractivity contribution >= 4 is 16.8 Å². The summed E-state index contributed by atoms with van der Waals surface area (Å²) in [5.74, 6) is -0.300. The zero-order valence-corrected chi connectivity index (χ0v) is 15.5. The molecule has 4 nitrogen and oxygen atoms in total. The Morgan fingerprint density at radius 3 is 2.75 bits per heavy atom. The summed E-state index contributed by atoms with van der Waals surface area (Å²) in [6.07, 6.45) is 3.68. The number of H-pyrrole nitrogens is 1. The molecule has 0 spiro atoms. The number of nitrogens with one attached hydrogen (secondary N) is 2. The quantitative estimate of drug-likeness (QED) is 0.540. The van der Waals surface area contributed by atoms with Crippen molar-refractivity contribution in [2.24, 2.45) is 0 Å². The highest BCUT2D eigenvalue weighted by molar-refractivity contribution is 5.91. The van der Waals surface area contributed by atoms with Crippen LogP contribution in [0.15, 0.2) is 67.0 Å². The van der Waals surface area contributed by atoms with Crippen LogP contribution < -0.4 is 5.32 Å². The molecule has 0 atom stereocenters. The fourth-order valence-corrected chi connectivity index (χ4v) is 3.37. The predicted octanol–water partition coefficient (Wildman–Crippen LogP) is 4.54. The number of fused-ring (bicyclic) bond motifs is 1. The summed E-state index contributed by atoms with van der Waals surface area (Å²) in [6, 6.07) is 16.4. The number of benzene rings is 2. The summed E-state index contributed by atoms with van der Waals surface area (Å²) < 4.78 is 14.2. The lowest BCUT2D eigenvalue weighted by Gasteiger charge is -2.06. The van der Waals surface area contributed by atoms with Gasteiger partial charge in [-0.2, -0.15) is 0 Å². The largest absolute Gasteiger partial charge is 0.354 e. The molecule has 0 bridgehead atoms. The number of carbonyl (C=O) groups excluding carboxylic acids is 1. The minimum Gasteiger partial charge on any atom is -0.354 e. The minimum atomic E-state index is -0.250. The molecule has 28 heavy (non-hydrogen) atoms. The molecule has 2 N–H and O–H groups in total. The Bertz CT molecular complexity index is 1140. The number of rotatable bonds is 5. The summed E-state index contributed by atoms with van der Waals surface area (Å²) in [6.45, 7) is 2.42. The third-order valence-electron chi connectivity index (χ3n) is 4.84. The number of hydrogen-bond donors (Lipinski definition) is 2. The van der Waals surface area contributed by atoms with E-state index < -0.39 is 0 Å². The highest BCUT2D eigenvalue weighted by atomic mass is 19.1. The average molecular weight is 373 g/mol. The van der Waals surface area contributed by atoms with E-state index >= 15 is 0 Å². The maximum Gasteiger partial charge on any atom is 0.224 e. The molecule has 2 aromatic heterocycles. The molecule has 0 saturated heterocycles. The molecule has 0 unspecified atom stereocenters. The maximum atomic E-state index is 14.2. The lowest BCUT2D eigenvalue weighted by molar-refractivity contribution is -0.120. The summed E-state index contributed by atoms with van der Waals surface area (Å²) in [4.78, 5) is 19.5.